The molecule has 2 heterocycles. The second-order valence-electron chi connectivity index (χ2n) is 6.42. The molecule has 1 aromatic heterocycles. The van der Waals surface area contributed by atoms with Crippen molar-refractivity contribution in [2.75, 3.05) is 38.8 Å². The Morgan fingerprint density at radius 3 is 2.62 bits per heavy atom. The van der Waals surface area contributed by atoms with Gasteiger partial charge >= 0.3 is 0 Å². The molecule has 1 aromatic carbocycles. The van der Waals surface area contributed by atoms with E-state index in [4.69, 9.17) is 14.0 Å². The van der Waals surface area contributed by atoms with Crippen molar-refractivity contribution in [1.82, 2.24) is 9.71 Å². The Labute approximate surface area is 156 Å². The van der Waals surface area contributed by atoms with Gasteiger partial charge in [0.15, 0.2) is 11.5 Å². The molecule has 0 aliphatic carbocycles. The molecule has 0 spiro atoms. The van der Waals surface area contributed by atoms with Gasteiger partial charge in [0.25, 0.3) is 0 Å². The highest BCUT2D eigenvalue weighted by atomic mass is 32.2. The Balaban J connectivity index is 1.74. The van der Waals surface area contributed by atoms with Gasteiger partial charge in [-0.25, -0.2) is 8.93 Å². The summed E-state index contributed by atoms with van der Waals surface area (Å²) >= 11 is -1.92. The predicted octanol–water partition coefficient (Wildman–Crippen LogP) is 2.58. The fourth-order valence-electron chi connectivity index (χ4n) is 3.55. The van der Waals surface area contributed by atoms with Crippen LogP contribution >= 0.6 is 0 Å². The molecule has 3 rings (SSSR count). The lowest BCUT2D eigenvalue weighted by atomic mass is 9.93. The number of fused-ring (bicyclic) bond motifs is 1. The standard InChI is InChI=1S/C18H25N3O4S/c1-24-17-11-14-15(12-18(17)25-2)19-7-4-16(14)21-9-5-13(6-10-21)3-8-20-26(22)23/h4,7,11-13,20H,3,5-6,8-10H2,1-2H3,(H,22,23). The first kappa shape index (κ1) is 18.9. The van der Waals surface area contributed by atoms with E-state index in [2.05, 4.69) is 14.6 Å². The number of anilines is 1. The summed E-state index contributed by atoms with van der Waals surface area (Å²) in [6, 6.07) is 5.94. The Morgan fingerprint density at radius 1 is 1.27 bits per heavy atom. The van der Waals surface area contributed by atoms with Crippen molar-refractivity contribution in [3.8, 4) is 11.5 Å². The molecule has 26 heavy (non-hydrogen) atoms. The van der Waals surface area contributed by atoms with E-state index < -0.39 is 11.3 Å². The average molecular weight is 379 g/mol. The molecule has 1 atom stereocenters. The van der Waals surface area contributed by atoms with Crippen molar-refractivity contribution in [2.45, 2.75) is 19.3 Å². The molecule has 1 saturated heterocycles. The molecule has 0 bridgehead atoms. The molecular weight excluding hydrogens is 354 g/mol. The molecule has 8 heteroatoms. The molecule has 0 radical (unpaired) electrons. The average Bonchev–Trinajstić information content (AvgIpc) is 2.66. The topological polar surface area (TPSA) is 83.9 Å². The minimum Gasteiger partial charge on any atom is -0.493 e. The number of nitrogens with zero attached hydrogens (tertiary/aromatic N) is 2. The van der Waals surface area contributed by atoms with Crippen LogP contribution in [-0.4, -0.2) is 47.6 Å². The minimum absolute atomic E-state index is 0.572. The molecule has 2 N–H and O–H groups in total. The Hall–Kier alpha value is -1.90. The van der Waals surface area contributed by atoms with Gasteiger partial charge in [0.2, 0.25) is 11.3 Å². The molecule has 1 unspecified atom stereocenters. The molecule has 1 aliphatic heterocycles. The molecule has 1 fully saturated rings. The number of hydrogen-bond acceptors (Lipinski definition) is 5. The van der Waals surface area contributed by atoms with Crippen molar-refractivity contribution >= 4 is 27.9 Å². The van der Waals surface area contributed by atoms with Crippen LogP contribution in [0.15, 0.2) is 24.4 Å². The number of piperidine rings is 1. The summed E-state index contributed by atoms with van der Waals surface area (Å²) in [5, 5.41) is 1.06. The van der Waals surface area contributed by atoms with Crippen LogP contribution in [-0.2, 0) is 11.3 Å². The summed E-state index contributed by atoms with van der Waals surface area (Å²) in [6.07, 6.45) is 4.88. The van der Waals surface area contributed by atoms with Gasteiger partial charge in [-0.05, 0) is 37.3 Å². The van der Waals surface area contributed by atoms with Gasteiger partial charge < -0.3 is 14.4 Å². The van der Waals surface area contributed by atoms with Gasteiger partial charge in [-0.1, -0.05) is 0 Å². The Morgan fingerprint density at radius 2 is 1.96 bits per heavy atom. The lowest BCUT2D eigenvalue weighted by Crippen LogP contribution is -2.34. The maximum absolute atomic E-state index is 10.7. The minimum atomic E-state index is -1.92. The van der Waals surface area contributed by atoms with E-state index in [1.165, 1.54) is 0 Å². The van der Waals surface area contributed by atoms with Crippen molar-refractivity contribution in [2.24, 2.45) is 5.92 Å². The highest BCUT2D eigenvalue weighted by Crippen LogP contribution is 2.36. The van der Waals surface area contributed by atoms with E-state index in [0.717, 1.165) is 48.9 Å². The van der Waals surface area contributed by atoms with Crippen LogP contribution in [0.25, 0.3) is 10.9 Å². The van der Waals surface area contributed by atoms with E-state index >= 15 is 0 Å². The number of benzene rings is 1. The fraction of sp³-hybridized carbons (Fsp3) is 0.500. The number of hydrogen-bond donors (Lipinski definition) is 2. The van der Waals surface area contributed by atoms with Gasteiger partial charge in [-0.2, -0.15) is 0 Å². The first-order valence-corrected chi connectivity index (χ1v) is 9.83. The number of nitrogens with one attached hydrogen (secondary N) is 1. The molecule has 0 saturated carbocycles. The van der Waals surface area contributed by atoms with Crippen molar-refractivity contribution < 1.29 is 18.2 Å². The van der Waals surface area contributed by atoms with Crippen LogP contribution < -0.4 is 19.1 Å². The quantitative estimate of drug-likeness (QED) is 0.720. The summed E-state index contributed by atoms with van der Waals surface area (Å²) in [5.74, 6) is 1.95. The van der Waals surface area contributed by atoms with Crippen LogP contribution in [0, 0.1) is 5.92 Å². The van der Waals surface area contributed by atoms with Crippen LogP contribution in [0.4, 0.5) is 5.69 Å². The predicted molar refractivity (Wildman–Crippen MR) is 103 cm³/mol. The summed E-state index contributed by atoms with van der Waals surface area (Å²) in [6.45, 7) is 2.49. The summed E-state index contributed by atoms with van der Waals surface area (Å²) in [4.78, 5) is 6.85. The Kier molecular flexibility index (Phi) is 6.29. The highest BCUT2D eigenvalue weighted by molar-refractivity contribution is 7.77. The lowest BCUT2D eigenvalue weighted by molar-refractivity contribution is 0.355. The third-order valence-corrected chi connectivity index (χ3v) is 5.41. The molecule has 0 amide bonds. The third-order valence-electron chi connectivity index (χ3n) is 4.96. The van der Waals surface area contributed by atoms with Gasteiger partial charge in [0.1, 0.15) is 0 Å². The van der Waals surface area contributed by atoms with Crippen molar-refractivity contribution in [1.29, 1.82) is 0 Å². The SMILES string of the molecule is COc1cc2nccc(N3CCC(CCNS(=O)O)CC3)c2cc1OC. The zero-order valence-corrected chi connectivity index (χ0v) is 15.9. The monoisotopic (exact) mass is 379 g/mol. The number of rotatable bonds is 7. The van der Waals surface area contributed by atoms with E-state index in [9.17, 15) is 4.21 Å². The van der Waals surface area contributed by atoms with E-state index in [-0.39, 0.29) is 0 Å². The van der Waals surface area contributed by atoms with Crippen molar-refractivity contribution in [3.05, 3.63) is 24.4 Å². The van der Waals surface area contributed by atoms with Crippen molar-refractivity contribution in [3.63, 3.8) is 0 Å². The maximum Gasteiger partial charge on any atom is 0.231 e. The second-order valence-corrected chi connectivity index (χ2v) is 7.20. The number of pyridine rings is 1. The number of aromatic nitrogens is 1. The molecule has 142 valence electrons. The van der Waals surface area contributed by atoms with Gasteiger partial charge in [-0.3, -0.25) is 9.54 Å². The van der Waals surface area contributed by atoms with Gasteiger partial charge in [-0.15, -0.1) is 0 Å². The Bertz CT molecular complexity index is 778. The first-order chi connectivity index (χ1) is 12.6. The van der Waals surface area contributed by atoms with Crippen LogP contribution in [0.1, 0.15) is 19.3 Å². The van der Waals surface area contributed by atoms with E-state index in [1.54, 1.807) is 14.2 Å². The summed E-state index contributed by atoms with van der Waals surface area (Å²) in [5.41, 5.74) is 2.04. The largest absolute Gasteiger partial charge is 0.493 e. The highest BCUT2D eigenvalue weighted by Gasteiger charge is 2.21. The number of methoxy groups -OCH3 is 2. The lowest BCUT2D eigenvalue weighted by Gasteiger charge is -2.34. The zero-order chi connectivity index (χ0) is 18.5. The fourth-order valence-corrected chi connectivity index (χ4v) is 3.84. The van der Waals surface area contributed by atoms with Gasteiger partial charge in [0.05, 0.1) is 19.7 Å². The molecule has 1 aliphatic rings. The van der Waals surface area contributed by atoms with Crippen LogP contribution in [0.2, 0.25) is 0 Å². The third kappa shape index (κ3) is 4.25. The maximum atomic E-state index is 10.7. The molecular formula is C18H25N3O4S. The number of ether oxygens (including phenoxy) is 2. The van der Waals surface area contributed by atoms with Gasteiger partial charge in [0, 0.05) is 43.0 Å². The summed E-state index contributed by atoms with van der Waals surface area (Å²) < 4.78 is 32.8. The first-order valence-electron chi connectivity index (χ1n) is 8.72. The smallest absolute Gasteiger partial charge is 0.231 e. The summed E-state index contributed by atoms with van der Waals surface area (Å²) in [7, 11) is 3.26. The normalized spacial score (nSPS) is 16.7. The molecule has 2 aromatic rings. The van der Waals surface area contributed by atoms with E-state index in [1.807, 2.05) is 24.4 Å². The van der Waals surface area contributed by atoms with E-state index in [0.29, 0.717) is 24.0 Å². The van der Waals surface area contributed by atoms with Crippen LogP contribution in [0.5, 0.6) is 11.5 Å². The van der Waals surface area contributed by atoms with Crippen LogP contribution in [0.3, 0.4) is 0 Å². The molecule has 7 nitrogen and oxygen atoms in total. The second kappa shape index (κ2) is 8.66. The zero-order valence-electron chi connectivity index (χ0n) is 15.1.